The Hall–Kier alpha value is -2.66. The maximum absolute atomic E-state index is 12.6. The summed E-state index contributed by atoms with van der Waals surface area (Å²) in [4.78, 5) is 28.3. The molecular weight excluding hydrogens is 296 g/mol. The summed E-state index contributed by atoms with van der Waals surface area (Å²) in [7, 11) is 0. The minimum Gasteiger partial charge on any atom is -0.349 e. The van der Waals surface area contributed by atoms with Crippen molar-refractivity contribution in [2.45, 2.75) is 6.92 Å². The zero-order chi connectivity index (χ0) is 15.3. The smallest absolute Gasteiger partial charge is 0.283 e. The predicted molar refractivity (Wildman–Crippen MR) is 88.1 cm³/mol. The first-order valence-electron chi connectivity index (χ1n) is 6.89. The van der Waals surface area contributed by atoms with E-state index in [4.69, 9.17) is 0 Å². The van der Waals surface area contributed by atoms with E-state index in [0.717, 1.165) is 15.8 Å². The van der Waals surface area contributed by atoms with Gasteiger partial charge >= 0.3 is 0 Å². The molecule has 0 saturated carbocycles. The molecule has 2 aliphatic rings. The van der Waals surface area contributed by atoms with E-state index in [1.807, 2.05) is 43.3 Å². The Morgan fingerprint density at radius 1 is 0.955 bits per heavy atom. The largest absolute Gasteiger partial charge is 0.349 e. The van der Waals surface area contributed by atoms with E-state index in [0.29, 0.717) is 15.6 Å². The second kappa shape index (κ2) is 4.68. The van der Waals surface area contributed by atoms with Gasteiger partial charge in [-0.05, 0) is 31.2 Å². The third kappa shape index (κ3) is 1.83. The number of H-pyrrole nitrogens is 1. The topological polar surface area (TPSA) is 54.9 Å². The van der Waals surface area contributed by atoms with Crippen LogP contribution in [0, 0.1) is 16.8 Å². The maximum atomic E-state index is 12.6. The number of hydrogen-bond donors (Lipinski definition) is 1. The lowest BCUT2D eigenvalue weighted by Crippen LogP contribution is -2.24. The molecule has 2 aliphatic heterocycles. The van der Waals surface area contributed by atoms with Gasteiger partial charge in [-0.2, -0.15) is 0 Å². The standard InChI is InChI=1S/C17H12N2O2S/c1-10-6-8-11(9-7-10)19-16(20)14-15(17(19)21)22-13-5-3-2-4-12(13)18-14/h2-9,18H,1H3. The van der Waals surface area contributed by atoms with Gasteiger partial charge in [0.2, 0.25) is 0 Å². The van der Waals surface area contributed by atoms with Crippen LogP contribution in [0.4, 0.5) is 0 Å². The molecular formula is C17H12N2O2S. The molecule has 0 aromatic heterocycles. The highest BCUT2D eigenvalue weighted by Gasteiger charge is 2.13. The number of aryl methyl sites for hydroxylation is 1. The van der Waals surface area contributed by atoms with Gasteiger partial charge in [0.1, 0.15) is 9.88 Å². The Morgan fingerprint density at radius 2 is 1.68 bits per heavy atom. The van der Waals surface area contributed by atoms with Crippen molar-refractivity contribution in [1.29, 1.82) is 0 Å². The van der Waals surface area contributed by atoms with Crippen LogP contribution < -0.4 is 11.1 Å². The molecule has 2 aromatic carbocycles. The Labute approximate surface area is 128 Å². The van der Waals surface area contributed by atoms with Gasteiger partial charge in [0.05, 0.1) is 15.9 Å². The summed E-state index contributed by atoms with van der Waals surface area (Å²) in [5, 5.41) is 0.370. The van der Waals surface area contributed by atoms with Gasteiger partial charge in [0.25, 0.3) is 11.1 Å². The average Bonchev–Trinajstić information content (AvgIpc) is 2.78. The second-order valence-corrected chi connectivity index (χ2v) is 6.26. The molecule has 2 heterocycles. The quantitative estimate of drug-likeness (QED) is 0.588. The fraction of sp³-hybridized carbons (Fsp3) is 0.0588. The molecule has 4 rings (SSSR count). The number of fused-ring (bicyclic) bond motifs is 1. The molecule has 0 atom stereocenters. The summed E-state index contributed by atoms with van der Waals surface area (Å²) in [5.74, 6) is 0. The van der Waals surface area contributed by atoms with Gasteiger partial charge in [0.15, 0.2) is 0 Å². The van der Waals surface area contributed by atoms with E-state index in [9.17, 15) is 9.59 Å². The number of aromatic nitrogens is 2. The third-order valence-electron chi connectivity index (χ3n) is 3.69. The van der Waals surface area contributed by atoms with Crippen LogP contribution in [-0.2, 0) is 0 Å². The lowest BCUT2D eigenvalue weighted by Gasteiger charge is -2.00. The van der Waals surface area contributed by atoms with Crippen LogP contribution in [0.1, 0.15) is 5.56 Å². The van der Waals surface area contributed by atoms with E-state index < -0.39 is 0 Å². The first-order valence-corrected chi connectivity index (χ1v) is 7.70. The molecule has 0 radical (unpaired) electrons. The molecule has 2 aromatic rings. The van der Waals surface area contributed by atoms with Crippen molar-refractivity contribution in [3.8, 4) is 5.69 Å². The Balaban J connectivity index is 2.14. The molecule has 0 bridgehead atoms. The molecule has 0 aliphatic carbocycles. The van der Waals surface area contributed by atoms with Gasteiger partial charge in [-0.3, -0.25) is 9.59 Å². The van der Waals surface area contributed by atoms with Crippen LogP contribution in [0.3, 0.4) is 0 Å². The SMILES string of the molecule is Cc1ccc(-n2c(=O)c3[nH]c4ccccc4sc=3c2=O)cc1. The minimum atomic E-state index is -0.300. The van der Waals surface area contributed by atoms with Crippen LogP contribution >= 0.6 is 11.3 Å². The van der Waals surface area contributed by atoms with Crippen LogP contribution in [0.15, 0.2) is 58.1 Å². The number of benzene rings is 2. The molecule has 5 heteroatoms. The molecule has 1 N–H and O–H groups in total. The zero-order valence-corrected chi connectivity index (χ0v) is 12.6. The normalized spacial score (nSPS) is 11.3. The Bertz CT molecular complexity index is 1100. The summed E-state index contributed by atoms with van der Waals surface area (Å²) >= 11 is 1.35. The fourth-order valence-electron chi connectivity index (χ4n) is 2.55. The van der Waals surface area contributed by atoms with Crippen LogP contribution in [-0.4, -0.2) is 9.55 Å². The Kier molecular flexibility index (Phi) is 2.77. The van der Waals surface area contributed by atoms with Gasteiger partial charge in [-0.15, -0.1) is 11.3 Å². The molecule has 108 valence electrons. The summed E-state index contributed by atoms with van der Waals surface area (Å²) in [6.45, 7) is 1.97. The van der Waals surface area contributed by atoms with E-state index in [1.54, 1.807) is 12.1 Å². The lowest BCUT2D eigenvalue weighted by molar-refractivity contribution is 0.966. The van der Waals surface area contributed by atoms with Crippen molar-refractivity contribution in [2.24, 2.45) is 0 Å². The second-order valence-electron chi connectivity index (χ2n) is 5.21. The van der Waals surface area contributed by atoms with Crippen molar-refractivity contribution in [3.63, 3.8) is 0 Å². The Morgan fingerprint density at radius 3 is 2.45 bits per heavy atom. The van der Waals surface area contributed by atoms with Gasteiger partial charge in [-0.1, -0.05) is 29.8 Å². The fourth-order valence-corrected chi connectivity index (χ4v) is 3.56. The zero-order valence-electron chi connectivity index (χ0n) is 11.8. The number of nitrogens with one attached hydrogen (secondary N) is 1. The van der Waals surface area contributed by atoms with Crippen LogP contribution in [0.25, 0.3) is 15.9 Å². The van der Waals surface area contributed by atoms with E-state index in [-0.39, 0.29) is 11.1 Å². The highest BCUT2D eigenvalue weighted by Crippen LogP contribution is 2.16. The average molecular weight is 308 g/mol. The molecule has 0 amide bonds. The molecule has 22 heavy (non-hydrogen) atoms. The molecule has 0 unspecified atom stereocenters. The molecule has 0 spiro atoms. The highest BCUT2D eigenvalue weighted by atomic mass is 32.1. The van der Waals surface area contributed by atoms with E-state index in [2.05, 4.69) is 4.98 Å². The van der Waals surface area contributed by atoms with Gasteiger partial charge < -0.3 is 4.98 Å². The number of para-hydroxylation sites is 1. The summed E-state index contributed by atoms with van der Waals surface area (Å²) < 4.78 is 2.65. The van der Waals surface area contributed by atoms with Crippen LogP contribution in [0.5, 0.6) is 0 Å². The maximum Gasteiger partial charge on any atom is 0.283 e. The van der Waals surface area contributed by atoms with E-state index in [1.165, 1.54) is 15.9 Å². The first kappa shape index (κ1) is 13.0. The van der Waals surface area contributed by atoms with Crippen molar-refractivity contribution in [2.75, 3.05) is 0 Å². The monoisotopic (exact) mass is 308 g/mol. The minimum absolute atomic E-state index is 0.268. The molecule has 0 saturated heterocycles. The summed E-state index contributed by atoms with van der Waals surface area (Å²) in [6.07, 6.45) is 0. The molecule has 4 nitrogen and oxygen atoms in total. The summed E-state index contributed by atoms with van der Waals surface area (Å²) in [5.41, 5.74) is 1.97. The van der Waals surface area contributed by atoms with Gasteiger partial charge in [0, 0.05) is 0 Å². The highest BCUT2D eigenvalue weighted by molar-refractivity contribution is 7.16. The van der Waals surface area contributed by atoms with E-state index >= 15 is 0 Å². The van der Waals surface area contributed by atoms with Crippen molar-refractivity contribution >= 4 is 21.6 Å². The summed E-state index contributed by atoms with van der Waals surface area (Å²) in [6, 6.07) is 15.0. The number of aromatic amines is 1. The number of nitrogens with zero attached hydrogens (tertiary/aromatic N) is 1. The third-order valence-corrected chi connectivity index (χ3v) is 4.85. The van der Waals surface area contributed by atoms with Crippen molar-refractivity contribution in [1.82, 2.24) is 9.55 Å². The van der Waals surface area contributed by atoms with Crippen molar-refractivity contribution < 1.29 is 0 Å². The van der Waals surface area contributed by atoms with Crippen LogP contribution in [0.2, 0.25) is 0 Å². The first-order chi connectivity index (χ1) is 10.6. The number of hydrogen-bond acceptors (Lipinski definition) is 3. The predicted octanol–water partition coefficient (Wildman–Crippen LogP) is 2.77. The van der Waals surface area contributed by atoms with Crippen molar-refractivity contribution in [3.05, 3.63) is 84.7 Å². The lowest BCUT2D eigenvalue weighted by atomic mass is 10.2. The number of rotatable bonds is 1. The molecule has 0 fully saturated rings. The van der Waals surface area contributed by atoms with Gasteiger partial charge in [-0.25, -0.2) is 4.57 Å².